The molecule has 1 aromatic rings. The number of benzene rings is 1. The van der Waals surface area contributed by atoms with Gasteiger partial charge in [0.25, 0.3) is 0 Å². The molecule has 0 fully saturated rings. The summed E-state index contributed by atoms with van der Waals surface area (Å²) in [5.41, 5.74) is 0. The highest BCUT2D eigenvalue weighted by Crippen LogP contribution is 2.37. The number of esters is 1. The van der Waals surface area contributed by atoms with E-state index in [1.54, 1.807) is 25.1 Å². The van der Waals surface area contributed by atoms with Gasteiger partial charge < -0.3 is 14.2 Å². The van der Waals surface area contributed by atoms with E-state index in [-0.39, 0.29) is 23.9 Å². The highest BCUT2D eigenvalue weighted by atomic mass is 16.6. The molecule has 1 rings (SSSR count). The second-order valence-electron chi connectivity index (χ2n) is 3.11. The van der Waals surface area contributed by atoms with E-state index in [9.17, 15) is 9.59 Å². The summed E-state index contributed by atoms with van der Waals surface area (Å²) < 4.78 is 15.2. The van der Waals surface area contributed by atoms with E-state index < -0.39 is 5.97 Å². The van der Waals surface area contributed by atoms with Crippen LogP contribution in [0.4, 0.5) is 0 Å². The van der Waals surface area contributed by atoms with Crippen LogP contribution in [0.5, 0.6) is 17.2 Å². The van der Waals surface area contributed by atoms with Crippen LogP contribution >= 0.6 is 0 Å². The summed E-state index contributed by atoms with van der Waals surface area (Å²) in [6, 6.07) is 4.78. The molecule has 0 saturated carbocycles. The van der Waals surface area contributed by atoms with Crippen LogP contribution < -0.4 is 14.2 Å². The Bertz CT molecular complexity index is 496. The molecule has 0 atom stereocenters. The normalized spacial score (nSPS) is 8.78. The summed E-state index contributed by atoms with van der Waals surface area (Å²) in [5, 5.41) is 0. The number of aldehydes is 1. The Balaban J connectivity index is 3.09. The zero-order valence-corrected chi connectivity index (χ0v) is 10.1. The molecule has 0 amide bonds. The number of carbonyl (C=O) groups is 2. The SMILES string of the molecule is CC#COc1cccc(OCC=O)c1OC(C)=O. The van der Waals surface area contributed by atoms with Crippen molar-refractivity contribution >= 4 is 12.3 Å². The van der Waals surface area contributed by atoms with Gasteiger partial charge >= 0.3 is 5.97 Å². The fourth-order valence-electron chi connectivity index (χ4n) is 1.16. The molecule has 0 aliphatic carbocycles. The minimum atomic E-state index is -0.522. The summed E-state index contributed by atoms with van der Waals surface area (Å²) in [4.78, 5) is 21.3. The van der Waals surface area contributed by atoms with Crippen molar-refractivity contribution < 1.29 is 23.8 Å². The Labute approximate surface area is 105 Å². The smallest absolute Gasteiger partial charge is 0.308 e. The fraction of sp³-hybridized carbons (Fsp3) is 0.231. The molecule has 5 heteroatoms. The van der Waals surface area contributed by atoms with Crippen LogP contribution in [-0.2, 0) is 9.59 Å². The maximum atomic E-state index is 11.0. The highest BCUT2D eigenvalue weighted by molar-refractivity contribution is 5.72. The summed E-state index contributed by atoms with van der Waals surface area (Å²) in [6.45, 7) is 2.72. The molecular formula is C13H12O5. The topological polar surface area (TPSA) is 61.8 Å². The molecule has 1 aromatic carbocycles. The molecule has 0 aliphatic heterocycles. The lowest BCUT2D eigenvalue weighted by atomic mass is 10.3. The van der Waals surface area contributed by atoms with Crippen LogP contribution in [0.15, 0.2) is 18.2 Å². The standard InChI is InChI=1S/C13H12O5/c1-3-8-16-11-5-4-6-12(17-9-7-14)13(11)18-10(2)15/h4-7H,9H2,1-2H3. The van der Waals surface area contributed by atoms with E-state index >= 15 is 0 Å². The largest absolute Gasteiger partial charge is 0.482 e. The molecule has 0 radical (unpaired) electrons. The van der Waals surface area contributed by atoms with Crippen molar-refractivity contribution in [3.05, 3.63) is 18.2 Å². The van der Waals surface area contributed by atoms with Crippen LogP contribution in [0, 0.1) is 12.0 Å². The first-order valence-corrected chi connectivity index (χ1v) is 5.15. The highest BCUT2D eigenvalue weighted by Gasteiger charge is 2.14. The van der Waals surface area contributed by atoms with Gasteiger partial charge in [0.1, 0.15) is 12.7 Å². The van der Waals surface area contributed by atoms with E-state index in [1.807, 2.05) is 0 Å². The molecule has 18 heavy (non-hydrogen) atoms. The van der Waals surface area contributed by atoms with Crippen molar-refractivity contribution in [2.24, 2.45) is 0 Å². The Hall–Kier alpha value is -2.48. The second kappa shape index (κ2) is 6.97. The number of para-hydroxylation sites is 1. The summed E-state index contributed by atoms with van der Waals surface area (Å²) >= 11 is 0. The van der Waals surface area contributed by atoms with Gasteiger partial charge in [0, 0.05) is 13.8 Å². The van der Waals surface area contributed by atoms with E-state index in [2.05, 4.69) is 12.0 Å². The zero-order valence-electron chi connectivity index (χ0n) is 10.1. The Morgan fingerprint density at radius 1 is 1.39 bits per heavy atom. The third kappa shape index (κ3) is 3.83. The Morgan fingerprint density at radius 3 is 2.72 bits per heavy atom. The zero-order chi connectivity index (χ0) is 13.4. The molecule has 0 heterocycles. The van der Waals surface area contributed by atoms with Crippen LogP contribution in [0.2, 0.25) is 0 Å². The predicted molar refractivity (Wildman–Crippen MR) is 63.4 cm³/mol. The third-order valence-corrected chi connectivity index (χ3v) is 1.76. The van der Waals surface area contributed by atoms with Gasteiger partial charge in [-0.2, -0.15) is 0 Å². The van der Waals surface area contributed by atoms with Crippen molar-refractivity contribution in [2.45, 2.75) is 13.8 Å². The third-order valence-electron chi connectivity index (χ3n) is 1.76. The van der Waals surface area contributed by atoms with Gasteiger partial charge in [0.05, 0.1) is 0 Å². The van der Waals surface area contributed by atoms with Gasteiger partial charge in [-0.05, 0) is 12.1 Å². The Kier molecular flexibility index (Phi) is 5.26. The fourth-order valence-corrected chi connectivity index (χ4v) is 1.16. The summed E-state index contributed by atoms with van der Waals surface area (Å²) in [6.07, 6.45) is 2.99. The second-order valence-corrected chi connectivity index (χ2v) is 3.11. The first-order chi connectivity index (χ1) is 8.69. The molecule has 0 N–H and O–H groups in total. The molecule has 0 unspecified atom stereocenters. The Morgan fingerprint density at radius 2 is 2.11 bits per heavy atom. The quantitative estimate of drug-likeness (QED) is 0.342. The van der Waals surface area contributed by atoms with Crippen LogP contribution in [0.3, 0.4) is 0 Å². The van der Waals surface area contributed by atoms with Gasteiger partial charge in [0.2, 0.25) is 5.75 Å². The lowest BCUT2D eigenvalue weighted by Crippen LogP contribution is -2.06. The van der Waals surface area contributed by atoms with Gasteiger partial charge in [-0.25, -0.2) is 0 Å². The van der Waals surface area contributed by atoms with E-state index in [0.29, 0.717) is 6.29 Å². The van der Waals surface area contributed by atoms with Gasteiger partial charge in [-0.3, -0.25) is 9.59 Å². The molecule has 94 valence electrons. The first kappa shape index (κ1) is 13.6. The molecule has 0 bridgehead atoms. The number of hydrogen-bond donors (Lipinski definition) is 0. The number of rotatable bonds is 5. The molecule has 5 nitrogen and oxygen atoms in total. The predicted octanol–water partition coefficient (Wildman–Crippen LogP) is 1.55. The number of hydrogen-bond acceptors (Lipinski definition) is 5. The number of carbonyl (C=O) groups excluding carboxylic acids is 2. The van der Waals surface area contributed by atoms with E-state index in [4.69, 9.17) is 14.2 Å². The maximum Gasteiger partial charge on any atom is 0.308 e. The van der Waals surface area contributed by atoms with E-state index in [1.165, 1.54) is 6.92 Å². The van der Waals surface area contributed by atoms with Gasteiger partial charge in [-0.15, -0.1) is 0 Å². The first-order valence-electron chi connectivity index (χ1n) is 5.15. The average Bonchev–Trinajstić information content (AvgIpc) is 2.35. The lowest BCUT2D eigenvalue weighted by Gasteiger charge is -2.11. The van der Waals surface area contributed by atoms with Crippen molar-refractivity contribution in [1.82, 2.24) is 0 Å². The van der Waals surface area contributed by atoms with E-state index in [0.717, 1.165) is 0 Å². The average molecular weight is 248 g/mol. The summed E-state index contributed by atoms with van der Waals surface area (Å²) in [5.74, 6) is 2.63. The van der Waals surface area contributed by atoms with Gasteiger partial charge in [0.15, 0.2) is 17.8 Å². The van der Waals surface area contributed by atoms with Crippen LogP contribution in [0.1, 0.15) is 13.8 Å². The van der Waals surface area contributed by atoms with Gasteiger partial charge in [-0.1, -0.05) is 12.0 Å². The molecule has 0 spiro atoms. The molecular weight excluding hydrogens is 236 g/mol. The summed E-state index contributed by atoms with van der Waals surface area (Å²) in [7, 11) is 0. The molecule has 0 aliphatic rings. The minimum Gasteiger partial charge on any atom is -0.482 e. The van der Waals surface area contributed by atoms with Crippen molar-refractivity contribution in [2.75, 3.05) is 6.61 Å². The van der Waals surface area contributed by atoms with Crippen LogP contribution in [0.25, 0.3) is 0 Å². The monoisotopic (exact) mass is 248 g/mol. The van der Waals surface area contributed by atoms with Crippen molar-refractivity contribution in [1.29, 1.82) is 0 Å². The maximum absolute atomic E-state index is 11.0. The van der Waals surface area contributed by atoms with Crippen molar-refractivity contribution in [3.8, 4) is 29.3 Å². The molecule has 0 saturated heterocycles. The van der Waals surface area contributed by atoms with Crippen molar-refractivity contribution in [3.63, 3.8) is 0 Å². The molecule has 0 aromatic heterocycles. The number of ether oxygens (including phenoxy) is 3. The lowest BCUT2D eigenvalue weighted by molar-refractivity contribution is -0.132. The minimum absolute atomic E-state index is 0.106. The van der Waals surface area contributed by atoms with Crippen LogP contribution in [-0.4, -0.2) is 18.9 Å².